The Kier molecular flexibility index (Phi) is 8.04. The maximum absolute atomic E-state index is 14.4. The van der Waals surface area contributed by atoms with Gasteiger partial charge in [0.05, 0.1) is 16.6 Å². The summed E-state index contributed by atoms with van der Waals surface area (Å²) in [4.78, 5) is 29.0. The first-order valence-corrected chi connectivity index (χ1v) is 12.6. The molecule has 5 nitrogen and oxygen atoms in total. The van der Waals surface area contributed by atoms with Crippen molar-refractivity contribution in [2.24, 2.45) is 5.92 Å². The average Bonchev–Trinajstić information content (AvgIpc) is 3.37. The second-order valence-corrected chi connectivity index (χ2v) is 9.96. The third-order valence-electron chi connectivity index (χ3n) is 7.13. The van der Waals surface area contributed by atoms with Crippen molar-refractivity contribution in [1.29, 1.82) is 0 Å². The predicted octanol–water partition coefficient (Wildman–Crippen LogP) is 7.09. The van der Waals surface area contributed by atoms with Crippen LogP contribution in [0.4, 0.5) is 10.1 Å². The molecule has 2 aromatic carbocycles. The van der Waals surface area contributed by atoms with E-state index >= 15 is 0 Å². The predicted molar refractivity (Wildman–Crippen MR) is 140 cm³/mol. The van der Waals surface area contributed by atoms with Gasteiger partial charge in [-0.25, -0.2) is 4.39 Å². The Labute approximate surface area is 215 Å². The molecule has 1 atom stereocenters. The monoisotopic (exact) mass is 508 g/mol. The number of pyridine rings is 1. The fourth-order valence-electron chi connectivity index (χ4n) is 5.05. The van der Waals surface area contributed by atoms with Gasteiger partial charge in [-0.15, -0.1) is 0 Å². The van der Waals surface area contributed by atoms with E-state index in [9.17, 15) is 14.0 Å². The van der Waals surface area contributed by atoms with Gasteiger partial charge < -0.3 is 10.4 Å². The molecule has 0 radical (unpaired) electrons. The first-order chi connectivity index (χ1) is 17.2. The summed E-state index contributed by atoms with van der Waals surface area (Å²) in [6.07, 6.45) is 5.97. The molecule has 7 heteroatoms. The molecule has 1 aliphatic carbocycles. The molecule has 36 heavy (non-hydrogen) atoms. The van der Waals surface area contributed by atoms with Gasteiger partial charge in [0.1, 0.15) is 5.82 Å². The fraction of sp³-hybridized carbons (Fsp3) is 0.345. The second kappa shape index (κ2) is 11.2. The van der Waals surface area contributed by atoms with Crippen molar-refractivity contribution in [2.75, 3.05) is 5.32 Å². The molecule has 1 amide bonds. The van der Waals surface area contributed by atoms with Crippen LogP contribution >= 0.6 is 11.6 Å². The lowest BCUT2D eigenvalue weighted by Gasteiger charge is -2.24. The maximum Gasteiger partial charge on any atom is 0.303 e. The Bertz CT molecular complexity index is 1270. The summed E-state index contributed by atoms with van der Waals surface area (Å²) < 4.78 is 14.4. The molecule has 2 N–H and O–H groups in total. The number of rotatable bonds is 8. The highest BCUT2D eigenvalue weighted by Gasteiger charge is 2.32. The highest BCUT2D eigenvalue weighted by molar-refractivity contribution is 6.31. The van der Waals surface area contributed by atoms with Gasteiger partial charge in [-0.3, -0.25) is 14.6 Å². The average molecular weight is 509 g/mol. The summed E-state index contributed by atoms with van der Waals surface area (Å²) in [5, 5.41) is 12.6. The standard InChI is InChI=1S/C29H30ClFN2O3/c1-17-22(11-12-27(34)35)13-24(31)15-26(17)33-29(36)28(20-5-3-4-6-20)21-9-7-19(8-10-21)23-14-25(30)18(2)32-16-23/h7-10,13-16,20,28H,3-6,11-12H2,1-2H3,(H,33,36)(H,34,35)/t28-/m1/s1. The molecular weight excluding hydrogens is 479 g/mol. The summed E-state index contributed by atoms with van der Waals surface area (Å²) >= 11 is 6.25. The summed E-state index contributed by atoms with van der Waals surface area (Å²) in [6.45, 7) is 3.64. The topological polar surface area (TPSA) is 79.3 Å². The molecule has 0 aliphatic heterocycles. The zero-order chi connectivity index (χ0) is 25.8. The number of carbonyl (C=O) groups excluding carboxylic acids is 1. The number of halogens is 2. The molecule has 0 unspecified atom stereocenters. The molecule has 3 aromatic rings. The largest absolute Gasteiger partial charge is 0.481 e. The Hall–Kier alpha value is -3.25. The van der Waals surface area contributed by atoms with Crippen LogP contribution in [0.5, 0.6) is 0 Å². The first-order valence-electron chi connectivity index (χ1n) is 12.3. The number of anilines is 1. The van der Waals surface area contributed by atoms with Crippen molar-refractivity contribution in [1.82, 2.24) is 4.98 Å². The Morgan fingerprint density at radius 3 is 2.44 bits per heavy atom. The molecule has 0 saturated heterocycles. The van der Waals surface area contributed by atoms with Crippen molar-refractivity contribution in [3.05, 3.63) is 81.9 Å². The van der Waals surface area contributed by atoms with E-state index in [0.717, 1.165) is 48.1 Å². The van der Waals surface area contributed by atoms with Gasteiger partial charge in [-0.1, -0.05) is 48.7 Å². The van der Waals surface area contributed by atoms with Crippen LogP contribution in [0.3, 0.4) is 0 Å². The number of hydrogen-bond donors (Lipinski definition) is 2. The first kappa shape index (κ1) is 25.8. The fourth-order valence-corrected chi connectivity index (χ4v) is 5.22. The molecule has 1 fully saturated rings. The van der Waals surface area contributed by atoms with Crippen molar-refractivity contribution in [3.8, 4) is 11.1 Å². The molecule has 4 rings (SSSR count). The molecule has 1 saturated carbocycles. The second-order valence-electron chi connectivity index (χ2n) is 9.56. The molecule has 1 heterocycles. The van der Waals surface area contributed by atoms with Gasteiger partial charge in [0.25, 0.3) is 0 Å². The van der Waals surface area contributed by atoms with Crippen LogP contribution in [-0.4, -0.2) is 22.0 Å². The van der Waals surface area contributed by atoms with E-state index in [4.69, 9.17) is 16.7 Å². The van der Waals surface area contributed by atoms with E-state index in [1.165, 1.54) is 12.1 Å². The van der Waals surface area contributed by atoms with Gasteiger partial charge in [0.2, 0.25) is 5.91 Å². The minimum absolute atomic E-state index is 0.101. The number of aliphatic carboxylic acids is 1. The SMILES string of the molecule is Cc1ncc(-c2ccc([C@H](C(=O)Nc3cc(F)cc(CCC(=O)O)c3C)C3CCCC3)cc2)cc1Cl. The summed E-state index contributed by atoms with van der Waals surface area (Å²) in [5.41, 5.74) is 5.21. The van der Waals surface area contributed by atoms with Gasteiger partial charge in [0, 0.05) is 23.9 Å². The highest BCUT2D eigenvalue weighted by Crippen LogP contribution is 2.39. The smallest absolute Gasteiger partial charge is 0.303 e. The lowest BCUT2D eigenvalue weighted by atomic mass is 9.83. The van der Waals surface area contributed by atoms with Crippen molar-refractivity contribution >= 4 is 29.2 Å². The Morgan fingerprint density at radius 1 is 1.11 bits per heavy atom. The highest BCUT2D eigenvalue weighted by atomic mass is 35.5. The van der Waals surface area contributed by atoms with Crippen LogP contribution in [0, 0.1) is 25.6 Å². The Morgan fingerprint density at radius 2 is 1.81 bits per heavy atom. The maximum atomic E-state index is 14.4. The summed E-state index contributed by atoms with van der Waals surface area (Å²) in [7, 11) is 0. The van der Waals surface area contributed by atoms with E-state index in [1.54, 1.807) is 13.1 Å². The number of nitrogens with one attached hydrogen (secondary N) is 1. The number of benzene rings is 2. The molecule has 1 aliphatic rings. The third kappa shape index (κ3) is 5.93. The van der Waals surface area contributed by atoms with Gasteiger partial charge in [0.15, 0.2) is 0 Å². The lowest BCUT2D eigenvalue weighted by molar-refractivity contribution is -0.137. The van der Waals surface area contributed by atoms with E-state index in [2.05, 4.69) is 10.3 Å². The van der Waals surface area contributed by atoms with Crippen LogP contribution in [-0.2, 0) is 16.0 Å². The zero-order valence-corrected chi connectivity index (χ0v) is 21.2. The number of carboxylic acid groups (broad SMARTS) is 1. The van der Waals surface area contributed by atoms with E-state index in [-0.39, 0.29) is 30.6 Å². The van der Waals surface area contributed by atoms with Crippen molar-refractivity contribution < 1.29 is 19.1 Å². The van der Waals surface area contributed by atoms with E-state index < -0.39 is 11.8 Å². The van der Waals surface area contributed by atoms with Gasteiger partial charge in [-0.2, -0.15) is 0 Å². The number of nitrogens with zero attached hydrogens (tertiary/aromatic N) is 1. The summed E-state index contributed by atoms with van der Waals surface area (Å²) in [5.74, 6) is -1.79. The van der Waals surface area contributed by atoms with Crippen molar-refractivity contribution in [2.45, 2.75) is 58.3 Å². The summed E-state index contributed by atoms with van der Waals surface area (Å²) in [6, 6.07) is 12.4. The minimum Gasteiger partial charge on any atom is -0.481 e. The van der Waals surface area contributed by atoms with Crippen LogP contribution in [0.2, 0.25) is 5.02 Å². The Balaban J connectivity index is 1.61. The van der Waals surface area contributed by atoms with Crippen LogP contribution in [0.25, 0.3) is 11.1 Å². The molecular formula is C29H30ClFN2O3. The zero-order valence-electron chi connectivity index (χ0n) is 20.5. The number of carboxylic acids is 1. The van der Waals surface area contributed by atoms with E-state index in [1.807, 2.05) is 37.3 Å². The third-order valence-corrected chi connectivity index (χ3v) is 7.51. The number of amides is 1. The van der Waals surface area contributed by atoms with Gasteiger partial charge >= 0.3 is 5.97 Å². The number of carbonyl (C=O) groups is 2. The van der Waals surface area contributed by atoms with Gasteiger partial charge in [-0.05, 0) is 79.5 Å². The quantitative estimate of drug-likeness (QED) is 0.340. The number of aryl methyl sites for hydroxylation is 2. The normalized spacial score (nSPS) is 14.6. The molecule has 1 aromatic heterocycles. The van der Waals surface area contributed by atoms with Crippen LogP contribution in [0.15, 0.2) is 48.7 Å². The minimum atomic E-state index is -0.947. The van der Waals surface area contributed by atoms with Crippen LogP contribution < -0.4 is 5.32 Å². The lowest BCUT2D eigenvalue weighted by Crippen LogP contribution is -2.27. The molecule has 188 valence electrons. The number of aromatic nitrogens is 1. The van der Waals surface area contributed by atoms with Crippen molar-refractivity contribution in [3.63, 3.8) is 0 Å². The van der Waals surface area contributed by atoms with E-state index in [0.29, 0.717) is 21.8 Å². The molecule has 0 bridgehead atoms. The van der Waals surface area contributed by atoms with Crippen LogP contribution in [0.1, 0.15) is 60.4 Å². The number of hydrogen-bond acceptors (Lipinski definition) is 3. The molecule has 0 spiro atoms.